The van der Waals surface area contributed by atoms with Gasteiger partial charge in [0, 0.05) is 37.0 Å². The number of halogens is 1. The maximum Gasteiger partial charge on any atom is 0.337 e. The monoisotopic (exact) mass is 658 g/mol. The number of hydrogen-bond donors (Lipinski definition) is 1. The number of rotatable bonds is 4. The lowest BCUT2D eigenvalue weighted by molar-refractivity contribution is -0.160. The molecule has 256 valence electrons. The molecule has 1 saturated heterocycles. The van der Waals surface area contributed by atoms with Gasteiger partial charge in [-0.1, -0.05) is 31.2 Å². The van der Waals surface area contributed by atoms with Crippen LogP contribution in [-0.2, 0) is 14.3 Å². The lowest BCUT2D eigenvalue weighted by Crippen LogP contribution is -2.46. The number of nitrogens with zero attached hydrogens (tertiary/aromatic N) is 4. The van der Waals surface area contributed by atoms with Gasteiger partial charge in [0.1, 0.15) is 17.4 Å². The summed E-state index contributed by atoms with van der Waals surface area (Å²) in [5.74, 6) is -0.238. The second-order valence-electron chi connectivity index (χ2n) is 14.4. The number of aliphatic carboxylic acids is 1. The van der Waals surface area contributed by atoms with Crippen LogP contribution in [0.25, 0.3) is 28.0 Å². The molecule has 0 aliphatic carbocycles. The second kappa shape index (κ2) is 13.1. The summed E-state index contributed by atoms with van der Waals surface area (Å²) < 4.78 is 36.9. The Bertz CT molecular complexity index is 1820. The van der Waals surface area contributed by atoms with Crippen LogP contribution in [-0.4, -0.2) is 62.7 Å². The summed E-state index contributed by atoms with van der Waals surface area (Å²) in [5.41, 5.74) is 3.63. The summed E-state index contributed by atoms with van der Waals surface area (Å²) in [6.07, 6.45) is 2.54. The average Bonchev–Trinajstić information content (AvgIpc) is 3.46. The number of piperidine rings is 1. The van der Waals surface area contributed by atoms with Gasteiger partial charge in [0.15, 0.2) is 11.8 Å². The maximum atomic E-state index is 15.9. The summed E-state index contributed by atoms with van der Waals surface area (Å²) in [6, 6.07) is 13.2. The third-order valence-corrected chi connectivity index (χ3v) is 9.50. The van der Waals surface area contributed by atoms with Crippen molar-refractivity contribution in [2.75, 3.05) is 24.6 Å². The third-order valence-electron chi connectivity index (χ3n) is 9.50. The van der Waals surface area contributed by atoms with Crippen molar-refractivity contribution in [2.24, 2.45) is 0 Å². The van der Waals surface area contributed by atoms with Crippen molar-refractivity contribution in [1.82, 2.24) is 14.6 Å². The Morgan fingerprint density at radius 3 is 2.56 bits per heavy atom. The normalized spacial score (nSPS) is 20.9. The molecule has 3 aliphatic rings. The molecule has 1 fully saturated rings. The van der Waals surface area contributed by atoms with Crippen molar-refractivity contribution in [3.63, 3.8) is 0 Å². The number of aromatic nitrogens is 3. The van der Waals surface area contributed by atoms with Crippen molar-refractivity contribution < 1.29 is 28.5 Å². The van der Waals surface area contributed by atoms with Crippen molar-refractivity contribution in [3.05, 3.63) is 65.1 Å². The van der Waals surface area contributed by atoms with Gasteiger partial charge in [-0.15, -0.1) is 0 Å². The van der Waals surface area contributed by atoms with E-state index in [1.165, 1.54) is 0 Å². The fourth-order valence-corrected chi connectivity index (χ4v) is 6.81. The summed E-state index contributed by atoms with van der Waals surface area (Å²) in [6.45, 7) is 15.2. The minimum atomic E-state index is -1.26. The number of anilines is 1. The Labute approximate surface area is 282 Å². The quantitative estimate of drug-likeness (QED) is 0.235. The fraction of sp³-hybridized carbons (Fsp3) is 0.500. The highest BCUT2D eigenvalue weighted by Crippen LogP contribution is 2.40. The first kappa shape index (κ1) is 33.9. The van der Waals surface area contributed by atoms with E-state index in [1.54, 1.807) is 17.5 Å². The van der Waals surface area contributed by atoms with Crippen LogP contribution in [0.1, 0.15) is 89.6 Å². The van der Waals surface area contributed by atoms with E-state index in [0.717, 1.165) is 37.7 Å². The van der Waals surface area contributed by atoms with Crippen LogP contribution in [0, 0.1) is 19.7 Å². The molecule has 10 heteroatoms. The molecule has 2 aromatic heterocycles. The van der Waals surface area contributed by atoms with Gasteiger partial charge in [0.25, 0.3) is 0 Å². The molecule has 2 unspecified atom stereocenters. The molecular formula is C38H47FN4O5. The lowest BCUT2D eigenvalue weighted by atomic mass is 9.92. The number of hydrogen-bond acceptors (Lipinski definition) is 7. The number of benzene rings is 2. The molecule has 9 nitrogen and oxygen atoms in total. The molecule has 0 saturated carbocycles. The van der Waals surface area contributed by atoms with Gasteiger partial charge >= 0.3 is 5.97 Å². The van der Waals surface area contributed by atoms with E-state index in [0.29, 0.717) is 70.6 Å². The predicted octanol–water partition coefficient (Wildman–Crippen LogP) is 8.09. The van der Waals surface area contributed by atoms with Gasteiger partial charge in [0.05, 0.1) is 34.1 Å². The van der Waals surface area contributed by atoms with Crippen molar-refractivity contribution in [3.8, 4) is 28.1 Å². The summed E-state index contributed by atoms with van der Waals surface area (Å²) in [7, 11) is 0. The van der Waals surface area contributed by atoms with E-state index in [2.05, 4.69) is 18.7 Å². The maximum absolute atomic E-state index is 15.9. The van der Waals surface area contributed by atoms with E-state index in [-0.39, 0.29) is 17.5 Å². The van der Waals surface area contributed by atoms with Crippen LogP contribution in [0.5, 0.6) is 5.75 Å². The van der Waals surface area contributed by atoms with Gasteiger partial charge in [0.2, 0.25) is 0 Å². The second-order valence-corrected chi connectivity index (χ2v) is 14.4. The number of aryl methyl sites for hydroxylation is 2. The zero-order chi connectivity index (χ0) is 34.4. The molecule has 0 radical (unpaired) electrons. The zero-order valence-electron chi connectivity index (χ0n) is 29.1. The van der Waals surface area contributed by atoms with Gasteiger partial charge < -0.3 is 24.2 Å². The Morgan fingerprint density at radius 1 is 1.15 bits per heavy atom. The summed E-state index contributed by atoms with van der Waals surface area (Å²) in [4.78, 5) is 19.9. The molecule has 0 spiro atoms. The van der Waals surface area contributed by atoms with Crippen molar-refractivity contribution >= 4 is 17.4 Å². The Morgan fingerprint density at radius 2 is 1.88 bits per heavy atom. The van der Waals surface area contributed by atoms with Gasteiger partial charge in [-0.25, -0.2) is 14.2 Å². The zero-order valence-corrected chi connectivity index (χ0v) is 29.1. The summed E-state index contributed by atoms with van der Waals surface area (Å²) in [5, 5.41) is 15.5. The Balaban J connectivity index is 1.56. The first-order valence-electron chi connectivity index (χ1n) is 17.0. The van der Waals surface area contributed by atoms with Crippen LogP contribution >= 0.6 is 0 Å². The number of fused-ring (bicyclic) bond motifs is 7. The van der Waals surface area contributed by atoms with Crippen molar-refractivity contribution in [2.45, 2.75) is 104 Å². The molecule has 0 amide bonds. The fourth-order valence-electron chi connectivity index (χ4n) is 6.81. The number of carboxylic acids is 1. The van der Waals surface area contributed by atoms with Crippen LogP contribution in [0.2, 0.25) is 0 Å². The lowest BCUT2D eigenvalue weighted by Gasteiger charge is -2.41. The minimum absolute atomic E-state index is 0.0878. The third kappa shape index (κ3) is 6.78. The van der Waals surface area contributed by atoms with E-state index >= 15 is 4.39 Å². The molecule has 7 rings (SSSR count). The molecular weight excluding hydrogens is 611 g/mol. The highest BCUT2D eigenvalue weighted by atomic mass is 19.1. The molecule has 2 aromatic carbocycles. The van der Waals surface area contributed by atoms with Crippen LogP contribution in [0.3, 0.4) is 0 Å². The molecule has 6 bridgehead atoms. The SMILES string of the molecule is CCC1CCCOC2(C)CCN(CC2)c2c(C(OC(C)(C)C)C(=O)O)c(C)nc3cc(nn23)-c2cccc(c2)-c2c(ccc(C)c2F)O1. The van der Waals surface area contributed by atoms with Gasteiger partial charge in [-0.05, 0) is 96.9 Å². The number of carbonyl (C=O) groups is 1. The first-order chi connectivity index (χ1) is 22.8. The Hall–Kier alpha value is -4.02. The average molecular weight is 659 g/mol. The largest absolute Gasteiger partial charge is 0.490 e. The van der Waals surface area contributed by atoms with Gasteiger partial charge in [-0.2, -0.15) is 9.61 Å². The topological polar surface area (TPSA) is 98.4 Å². The van der Waals surface area contributed by atoms with E-state index < -0.39 is 17.7 Å². The van der Waals surface area contributed by atoms with Crippen molar-refractivity contribution in [1.29, 1.82) is 0 Å². The first-order valence-corrected chi connectivity index (χ1v) is 17.0. The summed E-state index contributed by atoms with van der Waals surface area (Å²) >= 11 is 0. The standard InChI is InChI=1S/C38H47FN4O5/c1-8-27-13-10-20-46-38(7)16-18-42(19-17-38)35-31(34(36(44)45)48-37(4,5)6)24(3)40-30-22-28(41-43(30)35)25-11-9-12-26(21-25)32-29(47-27)15-14-23(2)33(32)39/h9,11-12,14-15,21-22,27,34H,8,10,13,16-20H2,1-7H3,(H,44,45). The Kier molecular flexibility index (Phi) is 9.26. The molecule has 2 atom stereocenters. The molecule has 4 aromatic rings. The van der Waals surface area contributed by atoms with Gasteiger partial charge in [-0.3, -0.25) is 0 Å². The molecule has 48 heavy (non-hydrogen) atoms. The van der Waals surface area contributed by atoms with Crippen LogP contribution in [0.15, 0.2) is 42.5 Å². The number of carboxylic acid groups (broad SMARTS) is 1. The highest BCUT2D eigenvalue weighted by Gasteiger charge is 2.38. The highest BCUT2D eigenvalue weighted by molar-refractivity contribution is 5.80. The minimum Gasteiger partial charge on any atom is -0.490 e. The van der Waals surface area contributed by atoms with E-state index in [4.69, 9.17) is 24.3 Å². The predicted molar refractivity (Wildman–Crippen MR) is 184 cm³/mol. The van der Waals surface area contributed by atoms with E-state index in [1.807, 2.05) is 64.1 Å². The number of ether oxygens (including phenoxy) is 3. The van der Waals surface area contributed by atoms with E-state index in [9.17, 15) is 9.90 Å². The molecule has 3 aliphatic heterocycles. The van der Waals surface area contributed by atoms with Crippen LogP contribution in [0.4, 0.5) is 10.2 Å². The molecule has 1 N–H and O–H groups in total. The molecule has 5 heterocycles. The smallest absolute Gasteiger partial charge is 0.337 e. The van der Waals surface area contributed by atoms with Crippen LogP contribution < -0.4 is 9.64 Å².